The minimum atomic E-state index is 0.335. The Labute approximate surface area is 77.0 Å². The van der Waals surface area contributed by atoms with E-state index in [4.69, 9.17) is 5.73 Å². The highest BCUT2D eigenvalue weighted by molar-refractivity contribution is 4.89. The molecule has 0 aliphatic rings. The summed E-state index contributed by atoms with van der Waals surface area (Å²) < 4.78 is 0. The molecule has 0 aromatic heterocycles. The first-order valence-electron chi connectivity index (χ1n) is 4.71. The summed E-state index contributed by atoms with van der Waals surface area (Å²) in [6.07, 6.45) is 3.24. The second-order valence-corrected chi connectivity index (χ2v) is 5.02. The molecule has 0 aromatic rings. The van der Waals surface area contributed by atoms with Gasteiger partial charge < -0.3 is 5.73 Å². The van der Waals surface area contributed by atoms with Crippen molar-refractivity contribution in [3.8, 4) is 0 Å². The van der Waals surface area contributed by atoms with Crippen molar-refractivity contribution in [1.82, 2.24) is 0 Å². The molecule has 0 fully saturated rings. The molecular weight excluding hydrogens is 146 g/mol. The van der Waals surface area contributed by atoms with Crippen LogP contribution in [0.25, 0.3) is 0 Å². The van der Waals surface area contributed by atoms with Gasteiger partial charge in [-0.05, 0) is 31.6 Å². The Morgan fingerprint density at radius 2 is 1.92 bits per heavy atom. The SMILES string of the molecule is C=C(C)CCC(N)CC(C)(C)C. The van der Waals surface area contributed by atoms with E-state index in [-0.39, 0.29) is 0 Å². The highest BCUT2D eigenvalue weighted by atomic mass is 14.6. The topological polar surface area (TPSA) is 26.0 Å². The Morgan fingerprint density at radius 3 is 2.25 bits per heavy atom. The van der Waals surface area contributed by atoms with Gasteiger partial charge in [0.2, 0.25) is 0 Å². The van der Waals surface area contributed by atoms with Crippen LogP contribution in [0.1, 0.15) is 47.0 Å². The first kappa shape index (κ1) is 11.7. The standard InChI is InChI=1S/C11H23N/c1-9(2)6-7-10(12)8-11(3,4)5/h10H,1,6-8,12H2,2-5H3. The summed E-state index contributed by atoms with van der Waals surface area (Å²) in [5.74, 6) is 0. The van der Waals surface area contributed by atoms with E-state index in [0.717, 1.165) is 19.3 Å². The number of nitrogens with two attached hydrogens (primary N) is 1. The van der Waals surface area contributed by atoms with Crippen LogP contribution >= 0.6 is 0 Å². The molecular formula is C11H23N. The summed E-state index contributed by atoms with van der Waals surface area (Å²) in [6, 6.07) is 0.335. The van der Waals surface area contributed by atoms with Gasteiger partial charge in [-0.1, -0.05) is 26.3 Å². The minimum Gasteiger partial charge on any atom is -0.328 e. The summed E-state index contributed by atoms with van der Waals surface area (Å²) in [5, 5.41) is 0. The fraction of sp³-hybridized carbons (Fsp3) is 0.818. The molecule has 0 saturated heterocycles. The summed E-state index contributed by atoms with van der Waals surface area (Å²) >= 11 is 0. The maximum atomic E-state index is 5.97. The smallest absolute Gasteiger partial charge is 0.00468 e. The highest BCUT2D eigenvalue weighted by Gasteiger charge is 2.14. The number of hydrogen-bond donors (Lipinski definition) is 1. The highest BCUT2D eigenvalue weighted by Crippen LogP contribution is 2.22. The van der Waals surface area contributed by atoms with E-state index >= 15 is 0 Å². The van der Waals surface area contributed by atoms with Crippen LogP contribution in [0.2, 0.25) is 0 Å². The van der Waals surface area contributed by atoms with Crippen LogP contribution in [0.5, 0.6) is 0 Å². The van der Waals surface area contributed by atoms with Gasteiger partial charge in [0, 0.05) is 6.04 Å². The van der Waals surface area contributed by atoms with Crippen molar-refractivity contribution in [1.29, 1.82) is 0 Å². The van der Waals surface area contributed by atoms with Crippen molar-refractivity contribution >= 4 is 0 Å². The predicted molar refractivity (Wildman–Crippen MR) is 56.1 cm³/mol. The van der Waals surface area contributed by atoms with Crippen LogP contribution in [-0.2, 0) is 0 Å². The molecule has 1 nitrogen and oxygen atoms in total. The van der Waals surface area contributed by atoms with Crippen LogP contribution in [-0.4, -0.2) is 6.04 Å². The first-order chi connectivity index (χ1) is 5.31. The van der Waals surface area contributed by atoms with E-state index in [1.165, 1.54) is 5.57 Å². The van der Waals surface area contributed by atoms with Gasteiger partial charge in [0.1, 0.15) is 0 Å². The van der Waals surface area contributed by atoms with Crippen LogP contribution < -0.4 is 5.73 Å². The normalized spacial score (nSPS) is 14.4. The summed E-state index contributed by atoms with van der Waals surface area (Å²) in [7, 11) is 0. The largest absolute Gasteiger partial charge is 0.328 e. The van der Waals surface area contributed by atoms with E-state index in [0.29, 0.717) is 11.5 Å². The lowest BCUT2D eigenvalue weighted by Gasteiger charge is -2.23. The van der Waals surface area contributed by atoms with Gasteiger partial charge in [-0.25, -0.2) is 0 Å². The molecule has 12 heavy (non-hydrogen) atoms. The first-order valence-corrected chi connectivity index (χ1v) is 4.71. The Balaban J connectivity index is 3.60. The predicted octanol–water partition coefficient (Wildman–Crippen LogP) is 3.11. The van der Waals surface area contributed by atoms with E-state index in [2.05, 4.69) is 34.3 Å². The molecule has 72 valence electrons. The second kappa shape index (κ2) is 4.66. The summed E-state index contributed by atoms with van der Waals surface area (Å²) in [6.45, 7) is 12.6. The van der Waals surface area contributed by atoms with Crippen molar-refractivity contribution in [2.75, 3.05) is 0 Å². The van der Waals surface area contributed by atoms with E-state index < -0.39 is 0 Å². The average molecular weight is 169 g/mol. The number of rotatable bonds is 4. The Morgan fingerprint density at radius 1 is 1.42 bits per heavy atom. The molecule has 0 rings (SSSR count). The zero-order valence-electron chi connectivity index (χ0n) is 8.98. The summed E-state index contributed by atoms with van der Waals surface area (Å²) in [5.41, 5.74) is 7.56. The van der Waals surface area contributed by atoms with Crippen molar-refractivity contribution in [3.05, 3.63) is 12.2 Å². The lowest BCUT2D eigenvalue weighted by Crippen LogP contribution is -2.26. The van der Waals surface area contributed by atoms with Gasteiger partial charge in [0.25, 0.3) is 0 Å². The molecule has 0 amide bonds. The molecule has 0 radical (unpaired) electrons. The van der Waals surface area contributed by atoms with Gasteiger partial charge in [-0.2, -0.15) is 0 Å². The third kappa shape index (κ3) is 7.80. The van der Waals surface area contributed by atoms with Gasteiger partial charge in [0.15, 0.2) is 0 Å². The lowest BCUT2D eigenvalue weighted by molar-refractivity contribution is 0.331. The molecule has 1 unspecified atom stereocenters. The minimum absolute atomic E-state index is 0.335. The number of hydrogen-bond acceptors (Lipinski definition) is 1. The molecule has 0 heterocycles. The van der Waals surface area contributed by atoms with Crippen molar-refractivity contribution in [3.63, 3.8) is 0 Å². The zero-order valence-corrected chi connectivity index (χ0v) is 8.98. The quantitative estimate of drug-likeness (QED) is 0.643. The third-order valence-corrected chi connectivity index (χ3v) is 1.82. The summed E-state index contributed by atoms with van der Waals surface area (Å²) in [4.78, 5) is 0. The average Bonchev–Trinajstić information content (AvgIpc) is 1.79. The molecule has 1 atom stereocenters. The maximum Gasteiger partial charge on any atom is 0.00468 e. The maximum absolute atomic E-state index is 5.97. The lowest BCUT2D eigenvalue weighted by atomic mass is 9.86. The van der Waals surface area contributed by atoms with E-state index in [9.17, 15) is 0 Å². The molecule has 0 spiro atoms. The van der Waals surface area contributed by atoms with Crippen LogP contribution in [0.4, 0.5) is 0 Å². The molecule has 0 bridgehead atoms. The molecule has 0 aromatic carbocycles. The number of allylic oxidation sites excluding steroid dienone is 1. The van der Waals surface area contributed by atoms with E-state index in [1.807, 2.05) is 0 Å². The van der Waals surface area contributed by atoms with E-state index in [1.54, 1.807) is 0 Å². The van der Waals surface area contributed by atoms with Crippen LogP contribution in [0.3, 0.4) is 0 Å². The Kier molecular flexibility index (Phi) is 4.54. The Hall–Kier alpha value is -0.300. The molecule has 0 aliphatic heterocycles. The van der Waals surface area contributed by atoms with Crippen LogP contribution in [0.15, 0.2) is 12.2 Å². The fourth-order valence-corrected chi connectivity index (χ4v) is 1.32. The van der Waals surface area contributed by atoms with Crippen molar-refractivity contribution in [2.24, 2.45) is 11.1 Å². The van der Waals surface area contributed by atoms with Crippen molar-refractivity contribution < 1.29 is 0 Å². The Bertz CT molecular complexity index is 142. The molecule has 0 aliphatic carbocycles. The van der Waals surface area contributed by atoms with Gasteiger partial charge >= 0.3 is 0 Å². The monoisotopic (exact) mass is 169 g/mol. The van der Waals surface area contributed by atoms with Crippen molar-refractivity contribution in [2.45, 2.75) is 53.0 Å². The van der Waals surface area contributed by atoms with Gasteiger partial charge in [0.05, 0.1) is 0 Å². The van der Waals surface area contributed by atoms with Gasteiger partial charge in [-0.15, -0.1) is 6.58 Å². The molecule has 1 heteroatoms. The molecule has 0 saturated carbocycles. The third-order valence-electron chi connectivity index (χ3n) is 1.82. The fourth-order valence-electron chi connectivity index (χ4n) is 1.32. The second-order valence-electron chi connectivity index (χ2n) is 5.02. The van der Waals surface area contributed by atoms with Crippen LogP contribution in [0, 0.1) is 5.41 Å². The molecule has 2 N–H and O–H groups in total. The zero-order chi connectivity index (χ0) is 9.78. The van der Waals surface area contributed by atoms with Gasteiger partial charge in [-0.3, -0.25) is 0 Å².